The van der Waals surface area contributed by atoms with Crippen LogP contribution in [-0.4, -0.2) is 58.8 Å². The molecule has 4 aliphatic heterocycles. The van der Waals surface area contributed by atoms with E-state index in [9.17, 15) is 24.5 Å². The normalized spacial score (nSPS) is 28.6. The molecule has 0 radical (unpaired) electrons. The Labute approximate surface area is 207 Å². The van der Waals surface area contributed by atoms with Crippen molar-refractivity contribution in [3.63, 3.8) is 0 Å². The van der Waals surface area contributed by atoms with Gasteiger partial charge in [-0.15, -0.1) is 0 Å². The fourth-order valence-corrected chi connectivity index (χ4v) is 6.27. The fraction of sp³-hybridized carbons (Fsp3) is 0.370. The van der Waals surface area contributed by atoms with E-state index in [2.05, 4.69) is 0 Å². The Morgan fingerprint density at radius 3 is 2.64 bits per heavy atom. The Bertz CT molecular complexity index is 1330. The Morgan fingerprint density at radius 2 is 1.89 bits per heavy atom. The van der Waals surface area contributed by atoms with Crippen LogP contribution in [0.4, 0.5) is 11.4 Å². The molecule has 3 saturated heterocycles. The summed E-state index contributed by atoms with van der Waals surface area (Å²) in [5, 5.41) is 11.4. The number of carbonyl (C=O) groups excluding carboxylic acids is 3. The predicted octanol–water partition coefficient (Wildman–Crippen LogP) is 3.23. The zero-order valence-electron chi connectivity index (χ0n) is 19.7. The van der Waals surface area contributed by atoms with Crippen LogP contribution in [0.5, 0.6) is 0 Å². The molecular weight excluding hydrogens is 462 g/mol. The van der Waals surface area contributed by atoms with Crippen molar-refractivity contribution < 1.29 is 24.0 Å². The van der Waals surface area contributed by atoms with E-state index in [1.807, 2.05) is 42.2 Å². The number of carbonyl (C=O) groups is 3. The first-order valence-electron chi connectivity index (χ1n) is 12.2. The van der Waals surface area contributed by atoms with Gasteiger partial charge in [0.15, 0.2) is 5.78 Å². The summed E-state index contributed by atoms with van der Waals surface area (Å²) in [5.41, 5.74) is 2.64. The van der Waals surface area contributed by atoms with E-state index in [0.717, 1.165) is 29.7 Å². The van der Waals surface area contributed by atoms with Crippen LogP contribution in [0.15, 0.2) is 54.6 Å². The summed E-state index contributed by atoms with van der Waals surface area (Å²) in [7, 11) is 0. The second-order valence-electron chi connectivity index (χ2n) is 9.85. The maximum Gasteiger partial charge on any atom is 0.270 e. The van der Waals surface area contributed by atoms with Gasteiger partial charge in [-0.1, -0.05) is 36.4 Å². The number of para-hydroxylation sites is 1. The summed E-state index contributed by atoms with van der Waals surface area (Å²) in [6.45, 7) is 2.76. The third-order valence-corrected chi connectivity index (χ3v) is 7.87. The lowest BCUT2D eigenvalue weighted by atomic mass is 9.85. The minimum absolute atomic E-state index is 0.148. The molecule has 0 spiro atoms. The summed E-state index contributed by atoms with van der Waals surface area (Å²) in [6, 6.07) is 11.8. The molecule has 4 aliphatic rings. The van der Waals surface area contributed by atoms with Crippen molar-refractivity contribution in [2.24, 2.45) is 11.8 Å². The molecule has 0 saturated carbocycles. The molecule has 9 heteroatoms. The lowest BCUT2D eigenvalue weighted by molar-refractivity contribution is -0.384. The number of anilines is 1. The Balaban J connectivity index is 1.46. The number of nitro groups is 1. The number of ether oxygens (including phenoxy) is 1. The number of fused-ring (bicyclic) bond motifs is 5. The Morgan fingerprint density at radius 1 is 1.11 bits per heavy atom. The molecule has 5 atom stereocenters. The number of non-ortho nitro benzene ring substituents is 1. The van der Waals surface area contributed by atoms with E-state index in [-0.39, 0.29) is 35.7 Å². The lowest BCUT2D eigenvalue weighted by Crippen LogP contribution is -2.49. The first-order chi connectivity index (χ1) is 17.4. The SMILES string of the molecule is CC1=C[C@@H]2[C@@H]3C(=O)N(C[C@@H]4CCCO4)C(=O)[C@H]3[C@@H](C(=O)c3cccc([N+](=O)[O-])c3)N2c2ccccc21. The van der Waals surface area contributed by atoms with Gasteiger partial charge in [-0.2, -0.15) is 0 Å². The highest BCUT2D eigenvalue weighted by molar-refractivity contribution is 6.14. The topological polar surface area (TPSA) is 110 Å². The van der Waals surface area contributed by atoms with Crippen LogP contribution in [0.3, 0.4) is 0 Å². The van der Waals surface area contributed by atoms with Gasteiger partial charge in [0.1, 0.15) is 6.04 Å². The number of allylic oxidation sites excluding steroid dienone is 1. The van der Waals surface area contributed by atoms with Gasteiger partial charge in [0.05, 0.1) is 35.4 Å². The number of rotatable bonds is 5. The minimum Gasteiger partial charge on any atom is -0.376 e. The van der Waals surface area contributed by atoms with Crippen LogP contribution in [0, 0.1) is 22.0 Å². The molecule has 0 unspecified atom stereocenters. The van der Waals surface area contributed by atoms with Gasteiger partial charge >= 0.3 is 0 Å². The van der Waals surface area contributed by atoms with Gasteiger partial charge in [0.25, 0.3) is 5.69 Å². The summed E-state index contributed by atoms with van der Waals surface area (Å²) in [6.07, 6.45) is 3.45. The highest BCUT2D eigenvalue weighted by Crippen LogP contribution is 2.50. The lowest BCUT2D eigenvalue weighted by Gasteiger charge is -2.38. The van der Waals surface area contributed by atoms with Crippen LogP contribution in [0.2, 0.25) is 0 Å². The molecule has 4 heterocycles. The average molecular weight is 488 g/mol. The van der Waals surface area contributed by atoms with Gasteiger partial charge in [0, 0.05) is 35.6 Å². The van der Waals surface area contributed by atoms with Crippen molar-refractivity contribution in [1.29, 1.82) is 0 Å². The van der Waals surface area contributed by atoms with Crippen LogP contribution in [-0.2, 0) is 14.3 Å². The van der Waals surface area contributed by atoms with Crippen molar-refractivity contribution in [2.45, 2.75) is 38.0 Å². The number of Topliss-reactive ketones (excluding diaryl/α,β-unsaturated/α-hetero) is 1. The van der Waals surface area contributed by atoms with E-state index in [4.69, 9.17) is 4.74 Å². The minimum atomic E-state index is -0.960. The predicted molar refractivity (Wildman–Crippen MR) is 130 cm³/mol. The molecule has 2 aromatic carbocycles. The van der Waals surface area contributed by atoms with Gasteiger partial charge in [-0.05, 0) is 31.4 Å². The van der Waals surface area contributed by atoms with Crippen molar-refractivity contribution in [2.75, 3.05) is 18.1 Å². The summed E-state index contributed by atoms with van der Waals surface area (Å²) in [4.78, 5) is 55.5. The van der Waals surface area contributed by atoms with Crippen LogP contribution < -0.4 is 4.90 Å². The van der Waals surface area contributed by atoms with Crippen LogP contribution in [0.25, 0.3) is 5.57 Å². The Hall–Kier alpha value is -3.85. The standard InChI is InChI=1S/C27H25N3O6/c1-15-12-21-22-23(27(33)28(26(22)32)14-18-8-5-11-36-18)24(29(21)20-10-3-2-9-19(15)20)25(31)16-6-4-7-17(13-16)30(34)35/h2-4,6-7,9-10,12-13,18,21-24H,5,8,11,14H2,1H3/t18-,21+,22-,23+,24-/m0/s1. The molecule has 2 aromatic rings. The van der Waals surface area contributed by atoms with Crippen molar-refractivity contribution >= 4 is 34.5 Å². The second kappa shape index (κ2) is 8.37. The van der Waals surface area contributed by atoms with Crippen molar-refractivity contribution in [1.82, 2.24) is 4.90 Å². The largest absolute Gasteiger partial charge is 0.376 e. The summed E-state index contributed by atoms with van der Waals surface area (Å²) in [5.74, 6) is -2.66. The molecule has 36 heavy (non-hydrogen) atoms. The molecule has 0 aliphatic carbocycles. The first-order valence-corrected chi connectivity index (χ1v) is 12.2. The van der Waals surface area contributed by atoms with Crippen LogP contribution in [0.1, 0.15) is 35.7 Å². The van der Waals surface area contributed by atoms with Gasteiger partial charge in [0.2, 0.25) is 11.8 Å². The summed E-state index contributed by atoms with van der Waals surface area (Å²) >= 11 is 0. The summed E-state index contributed by atoms with van der Waals surface area (Å²) < 4.78 is 5.68. The zero-order valence-corrected chi connectivity index (χ0v) is 19.7. The van der Waals surface area contributed by atoms with E-state index < -0.39 is 34.6 Å². The van der Waals surface area contributed by atoms with Gasteiger partial charge in [-0.25, -0.2) is 0 Å². The number of ketones is 1. The number of likely N-dealkylation sites (tertiary alicyclic amines) is 1. The third-order valence-electron chi connectivity index (χ3n) is 7.87. The number of nitro benzene ring substituents is 1. The number of amides is 2. The molecule has 6 rings (SSSR count). The second-order valence-corrected chi connectivity index (χ2v) is 9.85. The van der Waals surface area contributed by atoms with Crippen molar-refractivity contribution in [3.05, 3.63) is 75.8 Å². The fourth-order valence-electron chi connectivity index (χ4n) is 6.27. The first kappa shape index (κ1) is 22.6. The molecule has 9 nitrogen and oxygen atoms in total. The smallest absolute Gasteiger partial charge is 0.270 e. The molecule has 184 valence electrons. The number of imide groups is 1. The molecule has 3 fully saturated rings. The molecule has 0 bridgehead atoms. The highest BCUT2D eigenvalue weighted by Gasteiger charge is 2.64. The third kappa shape index (κ3) is 3.30. The molecule has 0 aromatic heterocycles. The molecule has 0 N–H and O–H groups in total. The highest BCUT2D eigenvalue weighted by atomic mass is 16.6. The van der Waals surface area contributed by atoms with Crippen molar-refractivity contribution in [3.8, 4) is 0 Å². The van der Waals surface area contributed by atoms with E-state index in [1.165, 1.54) is 29.2 Å². The zero-order chi connectivity index (χ0) is 25.1. The quantitative estimate of drug-likeness (QED) is 0.276. The van der Waals surface area contributed by atoms with E-state index in [1.54, 1.807) is 0 Å². The number of hydrogen-bond donors (Lipinski definition) is 0. The van der Waals surface area contributed by atoms with E-state index >= 15 is 0 Å². The van der Waals surface area contributed by atoms with Crippen LogP contribution >= 0.6 is 0 Å². The van der Waals surface area contributed by atoms with Gasteiger partial charge < -0.3 is 9.64 Å². The van der Waals surface area contributed by atoms with E-state index in [0.29, 0.717) is 6.61 Å². The Kier molecular flexibility index (Phi) is 5.26. The number of nitrogens with zero attached hydrogens (tertiary/aromatic N) is 3. The average Bonchev–Trinajstić information content (AvgIpc) is 3.57. The molecular formula is C27H25N3O6. The van der Waals surface area contributed by atoms with Gasteiger partial charge in [-0.3, -0.25) is 29.4 Å². The maximum absolute atomic E-state index is 14.0. The number of benzene rings is 2. The maximum atomic E-state index is 14.0. The molecule has 2 amide bonds. The monoisotopic (exact) mass is 487 g/mol. The number of hydrogen-bond acceptors (Lipinski definition) is 7.